The number of carbonyl (C=O) groups excluding carboxylic acids is 2. The van der Waals surface area contributed by atoms with Crippen molar-refractivity contribution in [3.8, 4) is 0 Å². The van der Waals surface area contributed by atoms with Crippen molar-refractivity contribution < 1.29 is 14.5 Å². The van der Waals surface area contributed by atoms with Gasteiger partial charge in [0.2, 0.25) is 0 Å². The van der Waals surface area contributed by atoms with Crippen LogP contribution in [-0.2, 0) is 4.79 Å². The van der Waals surface area contributed by atoms with Crippen LogP contribution in [0.1, 0.15) is 30.6 Å². The van der Waals surface area contributed by atoms with E-state index in [0.717, 1.165) is 11.3 Å². The van der Waals surface area contributed by atoms with Crippen molar-refractivity contribution in [2.45, 2.75) is 20.3 Å². The predicted octanol–water partition coefficient (Wildman–Crippen LogP) is 2.45. The van der Waals surface area contributed by atoms with Crippen molar-refractivity contribution in [2.75, 3.05) is 0 Å². The lowest BCUT2D eigenvalue weighted by Gasteiger charge is -2.05. The molecule has 0 radical (unpaired) electrons. The Morgan fingerprint density at radius 1 is 1.56 bits per heavy atom. The molecule has 0 fully saturated rings. The lowest BCUT2D eigenvalue weighted by atomic mass is 9.97. The summed E-state index contributed by atoms with van der Waals surface area (Å²) in [5.74, 6) is -0.711. The van der Waals surface area contributed by atoms with Crippen molar-refractivity contribution in [1.29, 1.82) is 0 Å². The number of Topliss-reactive ketones (excluding diaryl/α,β-unsaturated/α-hetero) is 2. The highest BCUT2D eigenvalue weighted by Gasteiger charge is 2.20. The minimum atomic E-state index is -0.531. The molecule has 0 aromatic carbocycles. The smallest absolute Gasteiger partial charge is 0.300 e. The van der Waals surface area contributed by atoms with E-state index in [1.807, 2.05) is 0 Å². The second-order valence-electron chi connectivity index (χ2n) is 3.60. The fourth-order valence-electron chi connectivity index (χ4n) is 1.36. The van der Waals surface area contributed by atoms with E-state index in [9.17, 15) is 19.7 Å². The van der Waals surface area contributed by atoms with Gasteiger partial charge in [0.1, 0.15) is 5.78 Å². The molecule has 0 aliphatic heterocycles. The van der Waals surface area contributed by atoms with Gasteiger partial charge >= 0.3 is 5.00 Å². The number of rotatable bonds is 5. The maximum absolute atomic E-state index is 11.7. The molecule has 0 spiro atoms. The van der Waals surface area contributed by atoms with E-state index in [1.165, 1.54) is 18.4 Å². The Kier molecular flexibility index (Phi) is 3.89. The summed E-state index contributed by atoms with van der Waals surface area (Å²) in [7, 11) is 0. The molecule has 0 amide bonds. The molecule has 5 nitrogen and oxygen atoms in total. The van der Waals surface area contributed by atoms with Crippen LogP contribution in [0.4, 0.5) is 5.00 Å². The fraction of sp³-hybridized carbons (Fsp3) is 0.400. The van der Waals surface area contributed by atoms with Gasteiger partial charge in [-0.15, -0.1) is 0 Å². The quantitative estimate of drug-likeness (QED) is 0.450. The maximum Gasteiger partial charge on any atom is 0.324 e. The van der Waals surface area contributed by atoms with E-state index in [-0.39, 0.29) is 23.0 Å². The van der Waals surface area contributed by atoms with E-state index in [4.69, 9.17) is 0 Å². The van der Waals surface area contributed by atoms with Crippen molar-refractivity contribution in [3.63, 3.8) is 0 Å². The highest BCUT2D eigenvalue weighted by atomic mass is 32.1. The molecule has 1 atom stereocenters. The summed E-state index contributed by atoms with van der Waals surface area (Å²) in [5.41, 5.74) is 0.311. The lowest BCUT2D eigenvalue weighted by Crippen LogP contribution is -2.13. The van der Waals surface area contributed by atoms with Crippen molar-refractivity contribution in [3.05, 3.63) is 27.1 Å². The Hall–Kier alpha value is -1.56. The Bertz CT molecular complexity index is 438. The zero-order chi connectivity index (χ0) is 12.3. The third-order valence-corrected chi connectivity index (χ3v) is 2.97. The van der Waals surface area contributed by atoms with Gasteiger partial charge in [0.15, 0.2) is 5.78 Å². The van der Waals surface area contributed by atoms with Gasteiger partial charge in [-0.2, -0.15) is 0 Å². The summed E-state index contributed by atoms with van der Waals surface area (Å²) in [6.45, 7) is 3.06. The van der Waals surface area contributed by atoms with Crippen LogP contribution in [0.25, 0.3) is 0 Å². The Labute approximate surface area is 96.2 Å². The second kappa shape index (κ2) is 4.98. The summed E-state index contributed by atoms with van der Waals surface area (Å²) in [6, 6.07) is 1.25. The number of hydrogen-bond acceptors (Lipinski definition) is 5. The summed E-state index contributed by atoms with van der Waals surface area (Å²) in [6.07, 6.45) is 0.169. The number of thiophene rings is 1. The van der Waals surface area contributed by atoms with Crippen molar-refractivity contribution >= 4 is 27.9 Å². The summed E-state index contributed by atoms with van der Waals surface area (Å²) in [5, 5.41) is 11.8. The zero-order valence-electron chi connectivity index (χ0n) is 8.93. The first-order valence-corrected chi connectivity index (χ1v) is 5.56. The number of carbonyl (C=O) groups is 2. The SMILES string of the molecule is CC(=O)CC(C)C(=O)c1csc([N+](=O)[O-])c1. The third kappa shape index (κ3) is 2.96. The molecule has 1 heterocycles. The standard InChI is InChI=1S/C10H11NO4S/c1-6(3-7(2)12)10(13)8-4-9(11(14)15)16-5-8/h4-6H,3H2,1-2H3. The molecule has 86 valence electrons. The Morgan fingerprint density at radius 3 is 2.62 bits per heavy atom. The second-order valence-corrected chi connectivity index (χ2v) is 4.49. The normalized spacial score (nSPS) is 12.1. The largest absolute Gasteiger partial charge is 0.324 e. The summed E-state index contributed by atoms with van der Waals surface area (Å²) >= 11 is 0.917. The van der Waals surface area contributed by atoms with Gasteiger partial charge in [0.25, 0.3) is 0 Å². The molecule has 1 aromatic rings. The average Bonchev–Trinajstić information content (AvgIpc) is 2.64. The average molecular weight is 241 g/mol. The van der Waals surface area contributed by atoms with Gasteiger partial charge in [-0.05, 0) is 6.92 Å². The molecule has 0 saturated heterocycles. The molecule has 0 bridgehead atoms. The van der Waals surface area contributed by atoms with Crippen LogP contribution < -0.4 is 0 Å². The molecular formula is C10H11NO4S. The van der Waals surface area contributed by atoms with Gasteiger partial charge in [-0.1, -0.05) is 18.3 Å². The molecular weight excluding hydrogens is 230 g/mol. The highest BCUT2D eigenvalue weighted by Crippen LogP contribution is 2.25. The molecule has 0 aliphatic rings. The zero-order valence-corrected chi connectivity index (χ0v) is 9.74. The van der Waals surface area contributed by atoms with E-state index in [1.54, 1.807) is 6.92 Å². The molecule has 0 saturated carbocycles. The van der Waals surface area contributed by atoms with E-state index in [2.05, 4.69) is 0 Å². The maximum atomic E-state index is 11.7. The van der Waals surface area contributed by atoms with Gasteiger partial charge < -0.3 is 4.79 Å². The molecule has 16 heavy (non-hydrogen) atoms. The first-order valence-electron chi connectivity index (χ1n) is 4.68. The van der Waals surface area contributed by atoms with E-state index in [0.29, 0.717) is 5.56 Å². The van der Waals surface area contributed by atoms with E-state index < -0.39 is 10.8 Å². The number of nitrogens with zero attached hydrogens (tertiary/aromatic N) is 1. The first kappa shape index (κ1) is 12.5. The number of hydrogen-bond donors (Lipinski definition) is 0. The highest BCUT2D eigenvalue weighted by molar-refractivity contribution is 7.13. The first-order chi connectivity index (χ1) is 7.41. The molecule has 1 unspecified atom stereocenters. The minimum absolute atomic E-state index is 0.0571. The van der Waals surface area contributed by atoms with Gasteiger partial charge in [0, 0.05) is 29.3 Å². The number of nitro groups is 1. The molecule has 1 aromatic heterocycles. The third-order valence-electron chi connectivity index (χ3n) is 2.09. The van der Waals surface area contributed by atoms with Crippen molar-refractivity contribution in [2.24, 2.45) is 5.92 Å². The minimum Gasteiger partial charge on any atom is -0.300 e. The molecule has 0 aliphatic carbocycles. The van der Waals surface area contributed by atoms with Crippen LogP contribution in [-0.4, -0.2) is 16.5 Å². The van der Waals surface area contributed by atoms with Gasteiger partial charge in [0.05, 0.1) is 4.92 Å². The topological polar surface area (TPSA) is 77.3 Å². The monoisotopic (exact) mass is 241 g/mol. The van der Waals surface area contributed by atoms with Crippen LogP contribution in [0.5, 0.6) is 0 Å². The van der Waals surface area contributed by atoms with Gasteiger partial charge in [-0.3, -0.25) is 14.9 Å². The fourth-order valence-corrected chi connectivity index (χ4v) is 2.07. The van der Waals surface area contributed by atoms with E-state index >= 15 is 0 Å². The van der Waals surface area contributed by atoms with Crippen LogP contribution in [0.3, 0.4) is 0 Å². The Morgan fingerprint density at radius 2 is 2.19 bits per heavy atom. The van der Waals surface area contributed by atoms with Gasteiger partial charge in [-0.25, -0.2) is 0 Å². The van der Waals surface area contributed by atoms with Crippen LogP contribution >= 0.6 is 11.3 Å². The Balaban J connectivity index is 2.80. The van der Waals surface area contributed by atoms with Crippen LogP contribution in [0.2, 0.25) is 0 Å². The summed E-state index contributed by atoms with van der Waals surface area (Å²) < 4.78 is 0. The molecule has 6 heteroatoms. The molecule has 0 N–H and O–H groups in total. The lowest BCUT2D eigenvalue weighted by molar-refractivity contribution is -0.380. The summed E-state index contributed by atoms with van der Waals surface area (Å²) in [4.78, 5) is 32.5. The van der Waals surface area contributed by atoms with Crippen molar-refractivity contribution in [1.82, 2.24) is 0 Å². The molecule has 1 rings (SSSR count). The van der Waals surface area contributed by atoms with Crippen LogP contribution in [0, 0.1) is 16.0 Å². The number of ketones is 2. The van der Waals surface area contributed by atoms with Crippen LogP contribution in [0.15, 0.2) is 11.4 Å². The predicted molar refractivity (Wildman–Crippen MR) is 59.8 cm³/mol.